The van der Waals surface area contributed by atoms with Gasteiger partial charge in [0.2, 0.25) is 10.0 Å². The van der Waals surface area contributed by atoms with Crippen molar-refractivity contribution < 1.29 is 17.9 Å². The minimum atomic E-state index is -3.59. The van der Waals surface area contributed by atoms with Gasteiger partial charge in [-0.3, -0.25) is 10.1 Å². The number of hydrogen-bond donors (Lipinski definition) is 1. The maximum atomic E-state index is 12.7. The van der Waals surface area contributed by atoms with Gasteiger partial charge in [-0.1, -0.05) is 22.9 Å². The van der Waals surface area contributed by atoms with Gasteiger partial charge >= 0.3 is 0 Å². The van der Waals surface area contributed by atoms with Crippen LogP contribution in [0.4, 0.5) is 5.13 Å². The van der Waals surface area contributed by atoms with Crippen LogP contribution in [0.2, 0.25) is 5.02 Å². The Hall–Kier alpha value is -2.04. The predicted octanol–water partition coefficient (Wildman–Crippen LogP) is 3.53. The number of nitrogens with one attached hydrogen (secondary N) is 1. The molecule has 0 radical (unpaired) electrons. The van der Waals surface area contributed by atoms with Crippen LogP contribution in [0, 0.1) is 6.92 Å². The number of sulfonamides is 1. The molecule has 29 heavy (non-hydrogen) atoms. The number of halogens is 1. The van der Waals surface area contributed by atoms with E-state index in [0.717, 1.165) is 15.8 Å². The molecule has 2 heterocycles. The van der Waals surface area contributed by atoms with Gasteiger partial charge in [-0.15, -0.1) is 0 Å². The van der Waals surface area contributed by atoms with Crippen LogP contribution in [0.1, 0.15) is 15.9 Å². The van der Waals surface area contributed by atoms with Gasteiger partial charge in [0.05, 0.1) is 28.3 Å². The van der Waals surface area contributed by atoms with Crippen LogP contribution in [-0.2, 0) is 14.8 Å². The maximum absolute atomic E-state index is 12.7. The lowest BCUT2D eigenvalue weighted by molar-refractivity contribution is 0.0730. The molecule has 1 saturated heterocycles. The first kappa shape index (κ1) is 20.2. The molecule has 0 atom stereocenters. The van der Waals surface area contributed by atoms with E-state index in [0.29, 0.717) is 42.0 Å². The molecule has 0 spiro atoms. The first-order valence-corrected chi connectivity index (χ1v) is 11.5. The maximum Gasteiger partial charge on any atom is 0.257 e. The van der Waals surface area contributed by atoms with Gasteiger partial charge in [-0.25, -0.2) is 13.4 Å². The quantitative estimate of drug-likeness (QED) is 0.655. The number of ether oxygens (including phenoxy) is 1. The molecule has 1 aromatic heterocycles. The SMILES string of the molecule is Cc1cc(Cl)cc2sc(NC(=O)c3ccc(S(=O)(=O)N4CCOCC4)cc3)nc12. The van der Waals surface area contributed by atoms with Crippen LogP contribution in [0.15, 0.2) is 41.3 Å². The van der Waals surface area contributed by atoms with E-state index >= 15 is 0 Å². The van der Waals surface area contributed by atoms with Crippen molar-refractivity contribution in [1.29, 1.82) is 0 Å². The zero-order valence-corrected chi connectivity index (χ0v) is 17.9. The molecular formula is C19H18ClN3O4S2. The molecule has 0 bridgehead atoms. The first-order chi connectivity index (χ1) is 13.8. The molecule has 1 amide bonds. The van der Waals surface area contributed by atoms with Crippen molar-refractivity contribution in [3.05, 3.63) is 52.5 Å². The number of aryl methyl sites for hydroxylation is 1. The topological polar surface area (TPSA) is 88.6 Å². The monoisotopic (exact) mass is 451 g/mol. The Morgan fingerprint density at radius 3 is 2.59 bits per heavy atom. The van der Waals surface area contributed by atoms with Gasteiger partial charge in [0.15, 0.2) is 5.13 Å². The second-order valence-electron chi connectivity index (χ2n) is 6.58. The van der Waals surface area contributed by atoms with E-state index < -0.39 is 10.0 Å². The first-order valence-electron chi connectivity index (χ1n) is 8.90. The number of anilines is 1. The Balaban J connectivity index is 1.52. The number of fused-ring (bicyclic) bond motifs is 1. The molecule has 0 saturated carbocycles. The largest absolute Gasteiger partial charge is 0.379 e. The number of rotatable bonds is 4. The normalized spacial score (nSPS) is 15.5. The third-order valence-electron chi connectivity index (χ3n) is 4.60. The fourth-order valence-corrected chi connectivity index (χ4v) is 5.82. The third-order valence-corrected chi connectivity index (χ3v) is 7.64. The zero-order valence-electron chi connectivity index (χ0n) is 15.5. The molecule has 1 aliphatic rings. The minimum Gasteiger partial charge on any atom is -0.379 e. The van der Waals surface area contributed by atoms with E-state index in [1.54, 1.807) is 0 Å². The van der Waals surface area contributed by atoms with E-state index in [1.807, 2.05) is 19.1 Å². The van der Waals surface area contributed by atoms with Crippen molar-refractivity contribution in [2.45, 2.75) is 11.8 Å². The number of morpholine rings is 1. The molecule has 1 N–H and O–H groups in total. The Labute approximate surface area is 177 Å². The second kappa shape index (κ2) is 8.00. The second-order valence-corrected chi connectivity index (χ2v) is 9.99. The molecule has 7 nitrogen and oxygen atoms in total. The molecule has 3 aromatic rings. The number of thiazole rings is 1. The molecule has 2 aromatic carbocycles. The highest BCUT2D eigenvalue weighted by molar-refractivity contribution is 7.89. The Morgan fingerprint density at radius 1 is 1.21 bits per heavy atom. The summed E-state index contributed by atoms with van der Waals surface area (Å²) in [5.74, 6) is -0.358. The van der Waals surface area contributed by atoms with Crippen LogP contribution in [0.5, 0.6) is 0 Å². The molecule has 1 fully saturated rings. The minimum absolute atomic E-state index is 0.154. The van der Waals surface area contributed by atoms with Crippen molar-refractivity contribution in [3.63, 3.8) is 0 Å². The summed E-state index contributed by atoms with van der Waals surface area (Å²) in [6.45, 7) is 3.32. The highest BCUT2D eigenvalue weighted by atomic mass is 35.5. The van der Waals surface area contributed by atoms with Gasteiger partial charge in [-0.2, -0.15) is 4.31 Å². The standard InChI is InChI=1S/C19H18ClN3O4S2/c1-12-10-14(20)11-16-17(12)21-19(28-16)22-18(24)13-2-4-15(5-3-13)29(25,26)23-6-8-27-9-7-23/h2-5,10-11H,6-9H2,1H3,(H,21,22,24). The molecule has 4 rings (SSSR count). The van der Waals surface area contributed by atoms with Crippen molar-refractivity contribution in [2.24, 2.45) is 0 Å². The van der Waals surface area contributed by atoms with Crippen LogP contribution < -0.4 is 5.32 Å². The average molecular weight is 452 g/mol. The van der Waals surface area contributed by atoms with Gasteiger partial charge in [-0.05, 0) is 48.9 Å². The lowest BCUT2D eigenvalue weighted by Gasteiger charge is -2.26. The number of carbonyl (C=O) groups is 1. The molecular weight excluding hydrogens is 434 g/mol. The number of benzene rings is 2. The third kappa shape index (κ3) is 4.15. The molecule has 1 aliphatic heterocycles. The summed E-state index contributed by atoms with van der Waals surface area (Å²) >= 11 is 7.41. The summed E-state index contributed by atoms with van der Waals surface area (Å²) in [5, 5.41) is 3.84. The average Bonchev–Trinajstić information content (AvgIpc) is 3.11. The van der Waals surface area contributed by atoms with Crippen molar-refractivity contribution in [2.75, 3.05) is 31.6 Å². The van der Waals surface area contributed by atoms with Gasteiger partial charge < -0.3 is 4.74 Å². The number of amides is 1. The van der Waals surface area contributed by atoms with Crippen LogP contribution in [0.3, 0.4) is 0 Å². The van der Waals surface area contributed by atoms with Crippen molar-refractivity contribution in [3.8, 4) is 0 Å². The van der Waals surface area contributed by atoms with E-state index in [1.165, 1.54) is 39.9 Å². The van der Waals surface area contributed by atoms with Crippen LogP contribution >= 0.6 is 22.9 Å². The van der Waals surface area contributed by atoms with E-state index in [9.17, 15) is 13.2 Å². The van der Waals surface area contributed by atoms with Crippen molar-refractivity contribution >= 4 is 54.2 Å². The summed E-state index contributed by atoms with van der Waals surface area (Å²) < 4.78 is 32.8. The number of aromatic nitrogens is 1. The smallest absolute Gasteiger partial charge is 0.257 e. The highest BCUT2D eigenvalue weighted by Gasteiger charge is 2.26. The molecule has 152 valence electrons. The summed E-state index contributed by atoms with van der Waals surface area (Å²) in [6.07, 6.45) is 0. The molecule has 10 heteroatoms. The Morgan fingerprint density at radius 2 is 1.90 bits per heavy atom. The van der Waals surface area contributed by atoms with Gasteiger partial charge in [0, 0.05) is 23.7 Å². The summed E-state index contributed by atoms with van der Waals surface area (Å²) in [6, 6.07) is 9.52. The Kier molecular flexibility index (Phi) is 5.58. The number of hydrogen-bond acceptors (Lipinski definition) is 6. The van der Waals surface area contributed by atoms with Gasteiger partial charge in [0.1, 0.15) is 0 Å². The Bertz CT molecular complexity index is 1170. The highest BCUT2D eigenvalue weighted by Crippen LogP contribution is 2.31. The van der Waals surface area contributed by atoms with Gasteiger partial charge in [0.25, 0.3) is 5.91 Å². The number of carbonyl (C=O) groups excluding carboxylic acids is 1. The summed E-state index contributed by atoms with van der Waals surface area (Å²) in [5.41, 5.74) is 2.07. The summed E-state index contributed by atoms with van der Waals surface area (Å²) in [7, 11) is -3.59. The fraction of sp³-hybridized carbons (Fsp3) is 0.263. The lowest BCUT2D eigenvalue weighted by Crippen LogP contribution is -2.40. The van der Waals surface area contributed by atoms with Crippen molar-refractivity contribution in [1.82, 2.24) is 9.29 Å². The molecule has 0 unspecified atom stereocenters. The predicted molar refractivity (Wildman–Crippen MR) is 113 cm³/mol. The number of nitrogens with zero attached hydrogens (tertiary/aromatic N) is 2. The van der Waals surface area contributed by atoms with E-state index in [-0.39, 0.29) is 10.8 Å². The summed E-state index contributed by atoms with van der Waals surface area (Å²) in [4.78, 5) is 17.2. The van der Waals surface area contributed by atoms with Crippen LogP contribution in [-0.4, -0.2) is 49.9 Å². The van der Waals surface area contributed by atoms with E-state index in [4.69, 9.17) is 16.3 Å². The zero-order chi connectivity index (χ0) is 20.6. The lowest BCUT2D eigenvalue weighted by atomic mass is 10.2. The van der Waals surface area contributed by atoms with E-state index in [2.05, 4.69) is 10.3 Å². The molecule has 0 aliphatic carbocycles. The fourth-order valence-electron chi connectivity index (χ4n) is 3.09. The van der Waals surface area contributed by atoms with Crippen LogP contribution in [0.25, 0.3) is 10.2 Å².